The van der Waals surface area contributed by atoms with Crippen LogP contribution in [0.1, 0.15) is 0 Å². The summed E-state index contributed by atoms with van der Waals surface area (Å²) in [4.78, 5) is 2.25. The Morgan fingerprint density at radius 2 is 0.862 bits per heavy atom. The molecule has 10 rings (SSSR count). The van der Waals surface area contributed by atoms with Gasteiger partial charge in [0.1, 0.15) is 28.6 Å². The first-order valence-electron chi connectivity index (χ1n) is 19.1. The van der Waals surface area contributed by atoms with Gasteiger partial charge in [-0.05, 0) is 116 Å². The summed E-state index contributed by atoms with van der Waals surface area (Å²) in [6.07, 6.45) is 0. The minimum atomic E-state index is -3.26. The zero-order valence-corrected chi connectivity index (χ0v) is 32.1. The van der Waals surface area contributed by atoms with Crippen LogP contribution in [0.25, 0.3) is 43.8 Å². The third-order valence-electron chi connectivity index (χ3n) is 11.2. The van der Waals surface area contributed by atoms with Crippen molar-refractivity contribution in [1.82, 2.24) is 0 Å². The molecule has 10 aromatic rings. The molecule has 0 saturated carbocycles. The fraction of sp³-hybridized carbons (Fsp3) is 0. The lowest BCUT2D eigenvalue weighted by atomic mass is 10.0. The third-order valence-corrected chi connectivity index (χ3v) is 16.0. The van der Waals surface area contributed by atoms with Gasteiger partial charge in [0.15, 0.2) is 8.07 Å². The van der Waals surface area contributed by atoms with Crippen LogP contribution in [0.3, 0.4) is 0 Å². The van der Waals surface area contributed by atoms with Crippen LogP contribution in [0, 0.1) is 17.5 Å². The molecule has 0 aliphatic rings. The lowest BCUT2D eigenvalue weighted by molar-refractivity contribution is 0.628. The molecule has 0 aliphatic carbocycles. The summed E-state index contributed by atoms with van der Waals surface area (Å²) in [7, 11) is -3.26. The number of anilines is 3. The van der Waals surface area contributed by atoms with Crippen LogP contribution in [-0.4, -0.2) is 8.07 Å². The SMILES string of the molecule is Fc1ccc([Si](c2ccc(F)cc2)(c2ccc(F)cc2)c2ccc(N(c3ccc(-c4ccccc4)cc3)c3cccc4oc5c6ccccc6ccc5c34)cc2)cc1. The summed E-state index contributed by atoms with van der Waals surface area (Å²) in [6.45, 7) is 0. The average molecular weight is 774 g/mol. The highest BCUT2D eigenvalue weighted by atomic mass is 28.3. The molecule has 2 nitrogen and oxygen atoms in total. The topological polar surface area (TPSA) is 16.4 Å². The second kappa shape index (κ2) is 14.4. The Kier molecular flexibility index (Phi) is 8.76. The molecule has 0 bridgehead atoms. The molecule has 58 heavy (non-hydrogen) atoms. The Morgan fingerprint density at radius 1 is 0.379 bits per heavy atom. The predicted octanol–water partition coefficient (Wildman–Crippen LogP) is 11.7. The molecular weight excluding hydrogens is 740 g/mol. The number of fused-ring (bicyclic) bond motifs is 5. The van der Waals surface area contributed by atoms with Gasteiger partial charge >= 0.3 is 0 Å². The van der Waals surface area contributed by atoms with E-state index in [4.69, 9.17) is 4.42 Å². The van der Waals surface area contributed by atoms with E-state index in [9.17, 15) is 13.2 Å². The molecule has 1 heterocycles. The van der Waals surface area contributed by atoms with Crippen LogP contribution in [0.15, 0.2) is 211 Å². The summed E-state index contributed by atoms with van der Waals surface area (Å²) < 4.78 is 50.3. The van der Waals surface area contributed by atoms with E-state index in [2.05, 4.69) is 95.9 Å². The molecule has 0 unspecified atom stereocenters. The van der Waals surface area contributed by atoms with Crippen molar-refractivity contribution in [3.8, 4) is 11.1 Å². The second-order valence-electron chi connectivity index (χ2n) is 14.5. The van der Waals surface area contributed by atoms with Gasteiger partial charge in [-0.1, -0.05) is 127 Å². The smallest absolute Gasteiger partial charge is 0.179 e. The maximum atomic E-state index is 14.5. The van der Waals surface area contributed by atoms with Crippen LogP contribution in [0.5, 0.6) is 0 Å². The zero-order valence-electron chi connectivity index (χ0n) is 31.1. The molecule has 0 radical (unpaired) electrons. The number of hydrogen-bond acceptors (Lipinski definition) is 2. The van der Waals surface area contributed by atoms with Crippen LogP contribution in [0.2, 0.25) is 0 Å². The standard InChI is InChI=1S/C52H34F3NOSi/c53-38-16-26-43(27-17-38)58(44-28-18-39(54)19-29-44,45-30-20-40(55)21-31-45)46-32-24-42(25-33-46)56(41-22-13-36(14-23-41)35-7-2-1-3-8-35)49-11-6-12-50-51(49)48-34-15-37-9-4-5-10-47(37)52(48)57-50/h1-34H. The van der Waals surface area contributed by atoms with Crippen LogP contribution in [0.4, 0.5) is 30.2 Å². The first-order valence-corrected chi connectivity index (χ1v) is 21.1. The molecule has 0 N–H and O–H groups in total. The van der Waals surface area contributed by atoms with Gasteiger partial charge in [-0.25, -0.2) is 13.2 Å². The van der Waals surface area contributed by atoms with Crippen molar-refractivity contribution in [3.63, 3.8) is 0 Å². The van der Waals surface area contributed by atoms with Gasteiger partial charge in [-0.3, -0.25) is 0 Å². The Hall–Kier alpha value is -7.15. The minimum absolute atomic E-state index is 0.358. The molecule has 0 aliphatic heterocycles. The lowest BCUT2D eigenvalue weighted by Gasteiger charge is -2.35. The van der Waals surface area contributed by atoms with Crippen molar-refractivity contribution in [3.05, 3.63) is 224 Å². The van der Waals surface area contributed by atoms with Crippen LogP contribution in [-0.2, 0) is 0 Å². The van der Waals surface area contributed by atoms with Crippen molar-refractivity contribution in [2.45, 2.75) is 0 Å². The molecule has 278 valence electrons. The molecule has 9 aromatic carbocycles. The number of benzene rings is 9. The summed E-state index contributed by atoms with van der Waals surface area (Å²) in [6, 6.07) is 65.6. The Balaban J connectivity index is 1.20. The first-order chi connectivity index (χ1) is 28.5. The third kappa shape index (κ3) is 5.97. The van der Waals surface area contributed by atoms with Crippen molar-refractivity contribution in [1.29, 1.82) is 0 Å². The minimum Gasteiger partial charge on any atom is -0.455 e. The van der Waals surface area contributed by atoms with E-state index in [1.807, 2.05) is 42.5 Å². The van der Waals surface area contributed by atoms with E-state index in [0.717, 1.165) is 81.6 Å². The van der Waals surface area contributed by atoms with E-state index in [1.165, 1.54) is 36.4 Å². The van der Waals surface area contributed by atoms with E-state index >= 15 is 0 Å². The lowest BCUT2D eigenvalue weighted by Crippen LogP contribution is -2.74. The van der Waals surface area contributed by atoms with E-state index in [0.29, 0.717) is 0 Å². The van der Waals surface area contributed by atoms with Gasteiger partial charge in [0.25, 0.3) is 0 Å². The number of hydrogen-bond donors (Lipinski definition) is 0. The van der Waals surface area contributed by atoms with Crippen molar-refractivity contribution >= 4 is 78.6 Å². The normalized spacial score (nSPS) is 11.7. The Labute approximate surface area is 334 Å². The zero-order chi connectivity index (χ0) is 39.2. The van der Waals surface area contributed by atoms with Gasteiger partial charge in [-0.15, -0.1) is 0 Å². The number of halogens is 3. The van der Waals surface area contributed by atoms with Crippen LogP contribution >= 0.6 is 0 Å². The average Bonchev–Trinajstić information content (AvgIpc) is 3.67. The maximum absolute atomic E-state index is 14.5. The van der Waals surface area contributed by atoms with Gasteiger partial charge < -0.3 is 9.32 Å². The number of nitrogens with zero attached hydrogens (tertiary/aromatic N) is 1. The van der Waals surface area contributed by atoms with Crippen molar-refractivity contribution in [2.24, 2.45) is 0 Å². The molecule has 6 heteroatoms. The van der Waals surface area contributed by atoms with Gasteiger partial charge in [0, 0.05) is 22.1 Å². The highest BCUT2D eigenvalue weighted by Crippen LogP contribution is 2.44. The van der Waals surface area contributed by atoms with Crippen LogP contribution < -0.4 is 25.6 Å². The summed E-state index contributed by atoms with van der Waals surface area (Å²) in [5.41, 5.74) is 6.65. The molecule has 0 saturated heterocycles. The number of rotatable bonds is 8. The Morgan fingerprint density at radius 3 is 1.43 bits per heavy atom. The van der Waals surface area contributed by atoms with E-state index in [1.54, 1.807) is 36.4 Å². The monoisotopic (exact) mass is 773 g/mol. The molecule has 0 spiro atoms. The summed E-state index contributed by atoms with van der Waals surface area (Å²) in [5.74, 6) is -1.07. The number of furan rings is 1. The molecule has 0 atom stereocenters. The molecule has 0 fully saturated rings. The Bertz CT molecular complexity index is 2940. The highest BCUT2D eigenvalue weighted by molar-refractivity contribution is 7.19. The highest BCUT2D eigenvalue weighted by Gasteiger charge is 2.41. The fourth-order valence-corrected chi connectivity index (χ4v) is 13.2. The fourth-order valence-electron chi connectivity index (χ4n) is 8.54. The quantitative estimate of drug-likeness (QED) is 0.113. The van der Waals surface area contributed by atoms with Crippen molar-refractivity contribution < 1.29 is 17.6 Å². The first kappa shape index (κ1) is 35.3. The second-order valence-corrected chi connectivity index (χ2v) is 18.3. The predicted molar refractivity (Wildman–Crippen MR) is 235 cm³/mol. The maximum Gasteiger partial charge on any atom is 0.179 e. The van der Waals surface area contributed by atoms with Crippen molar-refractivity contribution in [2.75, 3.05) is 4.90 Å². The summed E-state index contributed by atoms with van der Waals surface area (Å²) in [5, 5.41) is 7.79. The largest absolute Gasteiger partial charge is 0.455 e. The van der Waals surface area contributed by atoms with E-state index < -0.39 is 8.07 Å². The van der Waals surface area contributed by atoms with Gasteiger partial charge in [-0.2, -0.15) is 0 Å². The molecular formula is C52H34F3NOSi. The molecule has 1 aromatic heterocycles. The summed E-state index contributed by atoms with van der Waals surface area (Å²) >= 11 is 0. The molecule has 0 amide bonds. The van der Waals surface area contributed by atoms with Gasteiger partial charge in [0.05, 0.1) is 11.1 Å². The van der Waals surface area contributed by atoms with E-state index in [-0.39, 0.29) is 17.5 Å². The van der Waals surface area contributed by atoms with Gasteiger partial charge in [0.2, 0.25) is 0 Å².